The molecule has 1 atom stereocenters. The number of halogens is 1. The molecule has 0 saturated heterocycles. The van der Waals surface area contributed by atoms with Crippen molar-refractivity contribution in [2.45, 2.75) is 12.3 Å². The molecule has 0 aliphatic rings. The van der Waals surface area contributed by atoms with Gasteiger partial charge in [0, 0.05) is 5.92 Å². The summed E-state index contributed by atoms with van der Waals surface area (Å²) in [5, 5.41) is 9.50. The topological polar surface area (TPSA) is 29.5 Å². The Bertz CT molecular complexity index is 526. The van der Waals surface area contributed by atoms with Gasteiger partial charge in [0.25, 0.3) is 0 Å². The van der Waals surface area contributed by atoms with Crippen LogP contribution in [0.15, 0.2) is 48.5 Å². The van der Waals surface area contributed by atoms with E-state index in [2.05, 4.69) is 0 Å². The van der Waals surface area contributed by atoms with Crippen LogP contribution in [0.3, 0.4) is 0 Å². The highest BCUT2D eigenvalue weighted by Gasteiger charge is 2.14. The maximum Gasteiger partial charge on any atom is 0.165 e. The van der Waals surface area contributed by atoms with E-state index in [0.717, 1.165) is 11.1 Å². The Morgan fingerprint density at radius 2 is 1.89 bits per heavy atom. The van der Waals surface area contributed by atoms with E-state index in [1.165, 1.54) is 13.2 Å². The van der Waals surface area contributed by atoms with Crippen molar-refractivity contribution in [3.05, 3.63) is 65.5 Å². The molecule has 100 valence electrons. The summed E-state index contributed by atoms with van der Waals surface area (Å²) in [7, 11) is 1.44. The van der Waals surface area contributed by atoms with Crippen molar-refractivity contribution in [3.8, 4) is 5.75 Å². The highest BCUT2D eigenvalue weighted by molar-refractivity contribution is 5.32. The molecule has 0 radical (unpaired) electrons. The molecule has 0 bridgehead atoms. The molecular formula is C16H17FO2. The van der Waals surface area contributed by atoms with Crippen molar-refractivity contribution in [1.82, 2.24) is 0 Å². The van der Waals surface area contributed by atoms with E-state index in [1.54, 1.807) is 12.1 Å². The van der Waals surface area contributed by atoms with Crippen molar-refractivity contribution < 1.29 is 14.2 Å². The summed E-state index contributed by atoms with van der Waals surface area (Å²) in [5.41, 5.74) is 1.91. The predicted molar refractivity (Wildman–Crippen MR) is 72.9 cm³/mol. The normalized spacial score (nSPS) is 12.2. The van der Waals surface area contributed by atoms with Crippen molar-refractivity contribution in [3.63, 3.8) is 0 Å². The zero-order valence-electron chi connectivity index (χ0n) is 10.8. The van der Waals surface area contributed by atoms with Gasteiger partial charge in [0.05, 0.1) is 13.7 Å². The first kappa shape index (κ1) is 13.6. The Morgan fingerprint density at radius 3 is 2.47 bits per heavy atom. The molecular weight excluding hydrogens is 243 g/mol. The van der Waals surface area contributed by atoms with Gasteiger partial charge in [-0.15, -0.1) is 0 Å². The van der Waals surface area contributed by atoms with Crippen molar-refractivity contribution in [2.75, 3.05) is 13.7 Å². The van der Waals surface area contributed by atoms with Crippen LogP contribution in [0.4, 0.5) is 4.39 Å². The number of aliphatic hydroxyl groups is 1. The Labute approximate surface area is 112 Å². The summed E-state index contributed by atoms with van der Waals surface area (Å²) < 4.78 is 18.6. The lowest BCUT2D eigenvalue weighted by atomic mass is 9.92. The van der Waals surface area contributed by atoms with Crippen LogP contribution in [-0.2, 0) is 6.42 Å². The average Bonchev–Trinajstić information content (AvgIpc) is 2.46. The molecule has 0 fully saturated rings. The summed E-state index contributed by atoms with van der Waals surface area (Å²) in [6.07, 6.45) is 0.684. The Kier molecular flexibility index (Phi) is 4.53. The quantitative estimate of drug-likeness (QED) is 0.894. The number of ether oxygens (including phenoxy) is 1. The molecule has 2 aromatic carbocycles. The summed E-state index contributed by atoms with van der Waals surface area (Å²) >= 11 is 0. The van der Waals surface area contributed by atoms with Crippen molar-refractivity contribution in [2.24, 2.45) is 0 Å². The van der Waals surface area contributed by atoms with Crippen molar-refractivity contribution in [1.29, 1.82) is 0 Å². The highest BCUT2D eigenvalue weighted by Crippen LogP contribution is 2.25. The lowest BCUT2D eigenvalue weighted by Crippen LogP contribution is -2.08. The van der Waals surface area contributed by atoms with E-state index < -0.39 is 5.82 Å². The molecule has 1 N–H and O–H groups in total. The summed E-state index contributed by atoms with van der Waals surface area (Å²) in [6, 6.07) is 14.7. The Morgan fingerprint density at radius 1 is 1.16 bits per heavy atom. The second-order valence-corrected chi connectivity index (χ2v) is 4.46. The van der Waals surface area contributed by atoms with Crippen LogP contribution >= 0.6 is 0 Å². The molecule has 0 aliphatic heterocycles. The number of rotatable bonds is 5. The first-order chi connectivity index (χ1) is 9.24. The molecule has 0 saturated carbocycles. The third kappa shape index (κ3) is 3.32. The van der Waals surface area contributed by atoms with Gasteiger partial charge in [-0.25, -0.2) is 4.39 Å². The zero-order chi connectivity index (χ0) is 13.7. The van der Waals surface area contributed by atoms with Gasteiger partial charge in [-0.05, 0) is 29.7 Å². The maximum absolute atomic E-state index is 13.7. The van der Waals surface area contributed by atoms with E-state index >= 15 is 0 Å². The minimum atomic E-state index is -0.397. The number of hydrogen-bond acceptors (Lipinski definition) is 2. The van der Waals surface area contributed by atoms with Crippen LogP contribution in [0.2, 0.25) is 0 Å². The van der Waals surface area contributed by atoms with Crippen LogP contribution in [-0.4, -0.2) is 18.8 Å². The third-order valence-corrected chi connectivity index (χ3v) is 3.19. The van der Waals surface area contributed by atoms with Crippen LogP contribution in [0.5, 0.6) is 5.75 Å². The van der Waals surface area contributed by atoms with Gasteiger partial charge in [0.15, 0.2) is 11.6 Å². The fraction of sp³-hybridized carbons (Fsp3) is 0.250. The van der Waals surface area contributed by atoms with Gasteiger partial charge in [-0.1, -0.05) is 36.4 Å². The smallest absolute Gasteiger partial charge is 0.165 e. The number of aliphatic hydroxyl groups excluding tert-OH is 1. The van der Waals surface area contributed by atoms with E-state index in [-0.39, 0.29) is 18.3 Å². The van der Waals surface area contributed by atoms with Gasteiger partial charge in [-0.3, -0.25) is 0 Å². The first-order valence-corrected chi connectivity index (χ1v) is 6.23. The molecule has 1 unspecified atom stereocenters. The van der Waals surface area contributed by atoms with E-state index in [4.69, 9.17) is 4.74 Å². The first-order valence-electron chi connectivity index (χ1n) is 6.23. The standard InChI is InChI=1S/C16H17FO2/c1-19-16-8-7-13(10-15(16)17)14(11-18)9-12-5-3-2-4-6-12/h2-8,10,14,18H,9,11H2,1H3. The highest BCUT2D eigenvalue weighted by atomic mass is 19.1. The number of methoxy groups -OCH3 is 1. The molecule has 0 aromatic heterocycles. The van der Waals surface area contributed by atoms with Crippen LogP contribution < -0.4 is 4.74 Å². The minimum absolute atomic E-state index is 0.0132. The summed E-state index contributed by atoms with van der Waals surface area (Å²) in [5.74, 6) is -0.283. The molecule has 0 amide bonds. The van der Waals surface area contributed by atoms with Crippen molar-refractivity contribution >= 4 is 0 Å². The molecule has 3 heteroatoms. The SMILES string of the molecule is COc1ccc(C(CO)Cc2ccccc2)cc1F. The van der Waals surface area contributed by atoms with E-state index in [9.17, 15) is 9.50 Å². The second-order valence-electron chi connectivity index (χ2n) is 4.46. The molecule has 0 spiro atoms. The van der Waals surface area contributed by atoms with Gasteiger partial charge >= 0.3 is 0 Å². The van der Waals surface area contributed by atoms with Gasteiger partial charge in [0.1, 0.15) is 0 Å². The molecule has 2 nitrogen and oxygen atoms in total. The summed E-state index contributed by atoms with van der Waals surface area (Å²) in [4.78, 5) is 0. The molecule has 2 rings (SSSR count). The third-order valence-electron chi connectivity index (χ3n) is 3.19. The Hall–Kier alpha value is -1.87. The molecule has 19 heavy (non-hydrogen) atoms. The number of benzene rings is 2. The molecule has 2 aromatic rings. The number of hydrogen-bond donors (Lipinski definition) is 1. The van der Waals surface area contributed by atoms with Crippen LogP contribution in [0.1, 0.15) is 17.0 Å². The van der Waals surface area contributed by atoms with Gasteiger partial charge in [0.2, 0.25) is 0 Å². The molecule has 0 aliphatic carbocycles. The largest absolute Gasteiger partial charge is 0.494 e. The summed E-state index contributed by atoms with van der Waals surface area (Å²) in [6.45, 7) is -0.0132. The lowest BCUT2D eigenvalue weighted by molar-refractivity contribution is 0.264. The maximum atomic E-state index is 13.7. The van der Waals surface area contributed by atoms with Crippen LogP contribution in [0, 0.1) is 5.82 Å². The van der Waals surface area contributed by atoms with E-state index in [0.29, 0.717) is 6.42 Å². The fourth-order valence-electron chi connectivity index (χ4n) is 2.12. The minimum Gasteiger partial charge on any atom is -0.494 e. The second kappa shape index (κ2) is 6.34. The zero-order valence-corrected chi connectivity index (χ0v) is 10.8. The molecule has 0 heterocycles. The van der Waals surface area contributed by atoms with Crippen LogP contribution in [0.25, 0.3) is 0 Å². The average molecular weight is 260 g/mol. The predicted octanol–water partition coefficient (Wildman–Crippen LogP) is 3.15. The Balaban J connectivity index is 2.20. The lowest BCUT2D eigenvalue weighted by Gasteiger charge is -2.15. The van der Waals surface area contributed by atoms with Gasteiger partial charge < -0.3 is 9.84 Å². The van der Waals surface area contributed by atoms with Gasteiger partial charge in [-0.2, -0.15) is 0 Å². The van der Waals surface area contributed by atoms with E-state index in [1.807, 2.05) is 30.3 Å². The monoisotopic (exact) mass is 260 g/mol. The fourth-order valence-corrected chi connectivity index (χ4v) is 2.12.